The fourth-order valence-corrected chi connectivity index (χ4v) is 3.45. The fourth-order valence-electron chi connectivity index (χ4n) is 3.45. The maximum Gasteiger partial charge on any atom is 0.232 e. The van der Waals surface area contributed by atoms with Gasteiger partial charge in [-0.3, -0.25) is 9.59 Å². The third-order valence-electron chi connectivity index (χ3n) is 4.78. The molecular weight excluding hydrogens is 312 g/mol. The number of anilines is 2. The molecular formula is C21H24N2O2. The zero-order valence-corrected chi connectivity index (χ0v) is 15.0. The van der Waals surface area contributed by atoms with Gasteiger partial charge in [-0.1, -0.05) is 30.3 Å². The van der Waals surface area contributed by atoms with Gasteiger partial charge < -0.3 is 9.80 Å². The van der Waals surface area contributed by atoms with Gasteiger partial charge in [0.2, 0.25) is 11.8 Å². The summed E-state index contributed by atoms with van der Waals surface area (Å²) in [4.78, 5) is 29.1. The van der Waals surface area contributed by atoms with Crippen molar-refractivity contribution in [3.8, 4) is 0 Å². The normalized spacial score (nSPS) is 17.0. The van der Waals surface area contributed by atoms with Crippen molar-refractivity contribution in [2.75, 3.05) is 22.9 Å². The number of hydrogen-bond donors (Lipinski definition) is 0. The zero-order valence-electron chi connectivity index (χ0n) is 15.0. The highest BCUT2D eigenvalue weighted by molar-refractivity contribution is 6.04. The molecule has 25 heavy (non-hydrogen) atoms. The highest BCUT2D eigenvalue weighted by Crippen LogP contribution is 2.29. The minimum Gasteiger partial charge on any atom is -0.312 e. The van der Waals surface area contributed by atoms with E-state index < -0.39 is 0 Å². The summed E-state index contributed by atoms with van der Waals surface area (Å²) in [5.41, 5.74) is 3.97. The summed E-state index contributed by atoms with van der Waals surface area (Å²) in [5.74, 6) is -0.252. The van der Waals surface area contributed by atoms with Crippen LogP contribution in [-0.2, 0) is 9.59 Å². The number of carbonyl (C=O) groups is 2. The number of benzene rings is 2. The molecule has 2 amide bonds. The van der Waals surface area contributed by atoms with Gasteiger partial charge in [0.1, 0.15) is 0 Å². The summed E-state index contributed by atoms with van der Waals surface area (Å²) in [6.45, 7) is 7.02. The van der Waals surface area contributed by atoms with Crippen molar-refractivity contribution in [3.05, 3.63) is 59.7 Å². The molecule has 4 heteroatoms. The number of para-hydroxylation sites is 1. The van der Waals surface area contributed by atoms with Crippen molar-refractivity contribution in [2.45, 2.75) is 27.2 Å². The Bertz CT molecular complexity index is 800. The summed E-state index contributed by atoms with van der Waals surface area (Å²) < 4.78 is 0. The molecule has 1 fully saturated rings. The molecule has 0 radical (unpaired) electrons. The third kappa shape index (κ3) is 3.43. The van der Waals surface area contributed by atoms with E-state index in [-0.39, 0.29) is 24.2 Å². The van der Waals surface area contributed by atoms with Crippen molar-refractivity contribution in [3.63, 3.8) is 0 Å². The maximum absolute atomic E-state index is 13.0. The molecule has 0 N–H and O–H groups in total. The lowest BCUT2D eigenvalue weighted by atomic mass is 10.1. The number of hydrogen-bond acceptors (Lipinski definition) is 2. The van der Waals surface area contributed by atoms with Gasteiger partial charge in [0.15, 0.2) is 0 Å². The Morgan fingerprint density at radius 1 is 1.16 bits per heavy atom. The summed E-state index contributed by atoms with van der Waals surface area (Å²) >= 11 is 0. The summed E-state index contributed by atoms with van der Waals surface area (Å²) in [6, 6.07) is 15.7. The first-order valence-corrected chi connectivity index (χ1v) is 8.75. The molecule has 130 valence electrons. The maximum atomic E-state index is 13.0. The minimum atomic E-state index is -0.299. The Labute approximate surface area is 149 Å². The number of carbonyl (C=O) groups excluding carboxylic acids is 2. The molecule has 0 aliphatic carbocycles. The fraction of sp³-hybridized carbons (Fsp3) is 0.333. The number of amides is 2. The lowest BCUT2D eigenvalue weighted by Gasteiger charge is -2.25. The van der Waals surface area contributed by atoms with Crippen LogP contribution in [0.5, 0.6) is 0 Å². The van der Waals surface area contributed by atoms with E-state index in [0.29, 0.717) is 13.1 Å². The Balaban J connectivity index is 1.81. The summed E-state index contributed by atoms with van der Waals surface area (Å²) in [7, 11) is 0. The third-order valence-corrected chi connectivity index (χ3v) is 4.78. The highest BCUT2D eigenvalue weighted by Gasteiger charge is 2.37. The minimum absolute atomic E-state index is 0.0212. The molecule has 4 nitrogen and oxygen atoms in total. The molecule has 0 saturated carbocycles. The van der Waals surface area contributed by atoms with E-state index >= 15 is 0 Å². The lowest BCUT2D eigenvalue weighted by Crippen LogP contribution is -2.37. The molecule has 0 aromatic heterocycles. The quantitative estimate of drug-likeness (QED) is 0.854. The van der Waals surface area contributed by atoms with Crippen molar-refractivity contribution in [2.24, 2.45) is 5.92 Å². The van der Waals surface area contributed by atoms with Crippen LogP contribution in [0.25, 0.3) is 0 Å². The van der Waals surface area contributed by atoms with Crippen molar-refractivity contribution in [1.82, 2.24) is 0 Å². The van der Waals surface area contributed by atoms with Gasteiger partial charge in [-0.2, -0.15) is 0 Å². The Kier molecular flexibility index (Phi) is 4.88. The first kappa shape index (κ1) is 17.2. The van der Waals surface area contributed by atoms with Crippen LogP contribution < -0.4 is 9.80 Å². The van der Waals surface area contributed by atoms with E-state index in [1.54, 1.807) is 9.80 Å². The predicted octanol–water partition coefficient (Wildman–Crippen LogP) is 3.71. The van der Waals surface area contributed by atoms with Gasteiger partial charge in [-0.05, 0) is 50.1 Å². The SMILES string of the molecule is CCN(C(=O)[C@@H]1CC(=O)N(c2ccccc2C)C1)c1cccc(C)c1. The smallest absolute Gasteiger partial charge is 0.232 e. The highest BCUT2D eigenvalue weighted by atomic mass is 16.2. The van der Waals surface area contributed by atoms with Crippen LogP contribution in [0.3, 0.4) is 0 Å². The molecule has 2 aromatic carbocycles. The van der Waals surface area contributed by atoms with Gasteiger partial charge in [-0.25, -0.2) is 0 Å². The van der Waals surface area contributed by atoms with E-state index in [1.807, 2.05) is 69.3 Å². The van der Waals surface area contributed by atoms with Crippen LogP contribution in [0, 0.1) is 19.8 Å². The standard InChI is InChI=1S/C21H24N2O2/c1-4-22(18-10-7-8-15(2)12-18)21(25)17-13-20(24)23(14-17)19-11-6-5-9-16(19)3/h5-12,17H,4,13-14H2,1-3H3/t17-/m1/s1. The Morgan fingerprint density at radius 3 is 2.60 bits per heavy atom. The van der Waals surface area contributed by atoms with Crippen molar-refractivity contribution in [1.29, 1.82) is 0 Å². The number of aryl methyl sites for hydroxylation is 2. The first-order valence-electron chi connectivity index (χ1n) is 8.75. The average Bonchev–Trinajstić information content (AvgIpc) is 2.98. The Hall–Kier alpha value is -2.62. The van der Waals surface area contributed by atoms with Gasteiger partial charge in [-0.15, -0.1) is 0 Å². The molecule has 1 aliphatic rings. The van der Waals surface area contributed by atoms with Crippen molar-refractivity contribution < 1.29 is 9.59 Å². The lowest BCUT2D eigenvalue weighted by molar-refractivity contribution is -0.124. The molecule has 0 bridgehead atoms. The van der Waals surface area contributed by atoms with Gasteiger partial charge in [0.05, 0.1) is 5.92 Å². The van der Waals surface area contributed by atoms with Crippen LogP contribution in [0.1, 0.15) is 24.5 Å². The second-order valence-electron chi connectivity index (χ2n) is 6.61. The first-order chi connectivity index (χ1) is 12.0. The van der Waals surface area contributed by atoms with E-state index in [2.05, 4.69) is 0 Å². The summed E-state index contributed by atoms with van der Waals surface area (Å²) in [5, 5.41) is 0. The number of rotatable bonds is 4. The molecule has 1 atom stereocenters. The largest absolute Gasteiger partial charge is 0.312 e. The summed E-state index contributed by atoms with van der Waals surface area (Å²) in [6.07, 6.45) is 0.273. The van der Waals surface area contributed by atoms with Crippen LogP contribution in [0.4, 0.5) is 11.4 Å². The molecule has 1 heterocycles. The van der Waals surface area contributed by atoms with Crippen LogP contribution in [0.15, 0.2) is 48.5 Å². The van der Waals surface area contributed by atoms with Crippen LogP contribution >= 0.6 is 0 Å². The topological polar surface area (TPSA) is 40.6 Å². The van der Waals surface area contributed by atoms with Gasteiger partial charge >= 0.3 is 0 Å². The van der Waals surface area contributed by atoms with Gasteiger partial charge in [0.25, 0.3) is 0 Å². The van der Waals surface area contributed by atoms with Crippen molar-refractivity contribution >= 4 is 23.2 Å². The Morgan fingerprint density at radius 2 is 1.92 bits per heavy atom. The molecule has 1 saturated heterocycles. The zero-order chi connectivity index (χ0) is 18.0. The van der Waals surface area contributed by atoms with E-state index in [9.17, 15) is 9.59 Å². The molecule has 3 rings (SSSR count). The average molecular weight is 336 g/mol. The van der Waals surface area contributed by atoms with E-state index in [4.69, 9.17) is 0 Å². The van der Waals surface area contributed by atoms with E-state index in [0.717, 1.165) is 22.5 Å². The second-order valence-corrected chi connectivity index (χ2v) is 6.61. The second kappa shape index (κ2) is 7.09. The molecule has 0 spiro atoms. The predicted molar refractivity (Wildman–Crippen MR) is 101 cm³/mol. The van der Waals surface area contributed by atoms with Gasteiger partial charge in [0, 0.05) is 30.9 Å². The van der Waals surface area contributed by atoms with E-state index in [1.165, 1.54) is 0 Å². The monoisotopic (exact) mass is 336 g/mol. The van der Waals surface area contributed by atoms with Crippen LogP contribution in [0.2, 0.25) is 0 Å². The van der Waals surface area contributed by atoms with Crippen LogP contribution in [-0.4, -0.2) is 24.9 Å². The molecule has 0 unspecified atom stereocenters. The molecule has 2 aromatic rings. The number of nitrogens with zero attached hydrogens (tertiary/aromatic N) is 2. The molecule has 1 aliphatic heterocycles.